The Bertz CT molecular complexity index is 796. The highest BCUT2D eigenvalue weighted by Gasteiger charge is 2.46. The van der Waals surface area contributed by atoms with Crippen LogP contribution in [0.1, 0.15) is 30.4 Å². The van der Waals surface area contributed by atoms with Crippen LogP contribution in [0.15, 0.2) is 23.1 Å². The van der Waals surface area contributed by atoms with Gasteiger partial charge in [0.05, 0.1) is 4.90 Å². The molecule has 2 aliphatic carbocycles. The fourth-order valence-corrected chi connectivity index (χ4v) is 5.47. The number of nitrogens with one attached hydrogen (secondary N) is 1. The van der Waals surface area contributed by atoms with Crippen molar-refractivity contribution in [2.45, 2.75) is 43.2 Å². The van der Waals surface area contributed by atoms with Gasteiger partial charge < -0.3 is 10.2 Å². The summed E-state index contributed by atoms with van der Waals surface area (Å²) in [5.41, 5.74) is 1.78. The van der Waals surface area contributed by atoms with Crippen LogP contribution in [0.2, 0.25) is 0 Å². The molecule has 0 spiro atoms. The Morgan fingerprint density at radius 3 is 2.60 bits per heavy atom. The fourth-order valence-electron chi connectivity index (χ4n) is 4.28. The molecule has 136 valence electrons. The van der Waals surface area contributed by atoms with Crippen LogP contribution < -0.4 is 5.32 Å². The normalized spacial score (nSPS) is 27.8. The van der Waals surface area contributed by atoms with Gasteiger partial charge in [0.2, 0.25) is 10.0 Å². The maximum Gasteiger partial charge on any atom is 0.317 e. The maximum atomic E-state index is 12.6. The number of amides is 2. The van der Waals surface area contributed by atoms with E-state index < -0.39 is 10.0 Å². The summed E-state index contributed by atoms with van der Waals surface area (Å²) >= 11 is 0. The Morgan fingerprint density at radius 2 is 1.92 bits per heavy atom. The van der Waals surface area contributed by atoms with Crippen LogP contribution in [0.25, 0.3) is 0 Å². The second-order valence-electron chi connectivity index (χ2n) is 7.73. The van der Waals surface area contributed by atoms with Gasteiger partial charge in [0.25, 0.3) is 0 Å². The van der Waals surface area contributed by atoms with Crippen molar-refractivity contribution < 1.29 is 13.2 Å². The van der Waals surface area contributed by atoms with E-state index in [9.17, 15) is 13.2 Å². The van der Waals surface area contributed by atoms with E-state index >= 15 is 0 Å². The molecule has 1 heterocycles. The fraction of sp³-hybridized carbons (Fsp3) is 0.611. The summed E-state index contributed by atoms with van der Waals surface area (Å²) in [6.45, 7) is 1.02. The third-order valence-corrected chi connectivity index (χ3v) is 7.74. The van der Waals surface area contributed by atoms with Crippen LogP contribution in [0.4, 0.5) is 4.79 Å². The van der Waals surface area contributed by atoms with Crippen LogP contribution in [0.5, 0.6) is 0 Å². The molecule has 1 aromatic rings. The third kappa shape index (κ3) is 3.04. The van der Waals surface area contributed by atoms with E-state index in [0.717, 1.165) is 35.8 Å². The summed E-state index contributed by atoms with van der Waals surface area (Å²) in [6.07, 6.45) is 4.15. The summed E-state index contributed by atoms with van der Waals surface area (Å²) in [7, 11) is -0.372. The Morgan fingerprint density at radius 1 is 1.20 bits per heavy atom. The lowest BCUT2D eigenvalue weighted by Gasteiger charge is -2.31. The number of benzene rings is 1. The number of hydrogen-bond acceptors (Lipinski definition) is 3. The van der Waals surface area contributed by atoms with Gasteiger partial charge in [-0.05, 0) is 54.7 Å². The van der Waals surface area contributed by atoms with Crippen LogP contribution in [0.3, 0.4) is 0 Å². The first kappa shape index (κ1) is 16.8. The van der Waals surface area contributed by atoms with Gasteiger partial charge in [-0.3, -0.25) is 0 Å². The molecule has 2 fully saturated rings. The van der Waals surface area contributed by atoms with Crippen LogP contribution in [0, 0.1) is 11.8 Å². The molecular weight excluding hydrogens is 338 g/mol. The molecule has 0 bridgehead atoms. The number of rotatable bonds is 3. The van der Waals surface area contributed by atoms with Crippen molar-refractivity contribution in [2.75, 3.05) is 20.6 Å². The van der Waals surface area contributed by atoms with Crippen LogP contribution in [-0.4, -0.2) is 50.3 Å². The summed E-state index contributed by atoms with van der Waals surface area (Å²) in [6, 6.07) is 5.65. The highest BCUT2D eigenvalue weighted by Crippen LogP contribution is 2.51. The number of carbonyl (C=O) groups excluding carboxylic acids is 1. The topological polar surface area (TPSA) is 69.7 Å². The number of nitrogens with zero attached hydrogens (tertiary/aromatic N) is 2. The van der Waals surface area contributed by atoms with Crippen molar-refractivity contribution in [1.82, 2.24) is 14.5 Å². The molecule has 1 N–H and O–H groups in total. The minimum Gasteiger partial charge on any atom is -0.335 e. The lowest BCUT2D eigenvalue weighted by atomic mass is 10.00. The van der Waals surface area contributed by atoms with E-state index in [1.807, 2.05) is 6.07 Å². The maximum absolute atomic E-state index is 12.6. The smallest absolute Gasteiger partial charge is 0.317 e. The first-order chi connectivity index (χ1) is 11.9. The van der Waals surface area contributed by atoms with Gasteiger partial charge in [0, 0.05) is 33.2 Å². The number of sulfonamides is 1. The molecule has 2 atom stereocenters. The minimum atomic E-state index is -3.46. The van der Waals surface area contributed by atoms with Crippen molar-refractivity contribution in [3.63, 3.8) is 0 Å². The summed E-state index contributed by atoms with van der Waals surface area (Å²) in [5, 5.41) is 3.16. The van der Waals surface area contributed by atoms with Crippen molar-refractivity contribution in [2.24, 2.45) is 11.8 Å². The Hall–Kier alpha value is -1.60. The molecule has 1 aromatic carbocycles. The summed E-state index contributed by atoms with van der Waals surface area (Å²) in [4.78, 5) is 14.7. The van der Waals surface area contributed by atoms with E-state index in [1.165, 1.54) is 10.7 Å². The first-order valence-electron chi connectivity index (χ1n) is 8.95. The number of fused-ring (bicyclic) bond motifs is 2. The molecule has 0 saturated heterocycles. The average molecular weight is 363 g/mol. The Kier molecular flexibility index (Phi) is 4.03. The minimum absolute atomic E-state index is 0.0159. The third-order valence-electron chi connectivity index (χ3n) is 5.84. The van der Waals surface area contributed by atoms with Gasteiger partial charge in [-0.15, -0.1) is 0 Å². The highest BCUT2D eigenvalue weighted by molar-refractivity contribution is 7.89. The molecule has 2 amide bonds. The van der Waals surface area contributed by atoms with Gasteiger partial charge in [0.15, 0.2) is 0 Å². The number of carbonyl (C=O) groups is 1. The largest absolute Gasteiger partial charge is 0.335 e. The average Bonchev–Trinajstić information content (AvgIpc) is 3.19. The summed E-state index contributed by atoms with van der Waals surface area (Å²) in [5.74, 6) is 1.68. The highest BCUT2D eigenvalue weighted by atomic mass is 32.2. The van der Waals surface area contributed by atoms with Crippen molar-refractivity contribution in [1.29, 1.82) is 0 Å². The first-order valence-corrected chi connectivity index (χ1v) is 10.4. The molecular formula is C18H25N3O3S. The SMILES string of the molecule is CN(C)S(=O)(=O)c1cccc2c1CCN(C(=O)NC1CC3CC3C1)C2. The zero-order chi connectivity index (χ0) is 17.8. The number of urea groups is 1. The predicted octanol–water partition coefficient (Wildman–Crippen LogP) is 1.80. The molecule has 0 aromatic heterocycles. The molecule has 4 rings (SSSR count). The monoisotopic (exact) mass is 363 g/mol. The molecule has 6 nitrogen and oxygen atoms in total. The Labute approximate surface area is 149 Å². The van der Waals surface area contributed by atoms with E-state index in [2.05, 4.69) is 5.32 Å². The van der Waals surface area contributed by atoms with Crippen LogP contribution in [-0.2, 0) is 23.0 Å². The lowest BCUT2D eigenvalue weighted by molar-refractivity contribution is 0.187. The van der Waals surface area contributed by atoms with E-state index in [1.54, 1.807) is 31.1 Å². The summed E-state index contributed by atoms with van der Waals surface area (Å²) < 4.78 is 26.3. The van der Waals surface area contributed by atoms with Crippen LogP contribution >= 0.6 is 0 Å². The van der Waals surface area contributed by atoms with Crippen molar-refractivity contribution in [3.05, 3.63) is 29.3 Å². The van der Waals surface area contributed by atoms with E-state index in [0.29, 0.717) is 30.4 Å². The molecule has 1 aliphatic heterocycles. The second-order valence-corrected chi connectivity index (χ2v) is 9.85. The zero-order valence-corrected chi connectivity index (χ0v) is 15.6. The molecule has 3 aliphatic rings. The predicted molar refractivity (Wildman–Crippen MR) is 94.6 cm³/mol. The van der Waals surface area contributed by atoms with Gasteiger partial charge in [-0.1, -0.05) is 12.1 Å². The lowest BCUT2D eigenvalue weighted by Crippen LogP contribution is -2.46. The zero-order valence-electron chi connectivity index (χ0n) is 14.7. The number of hydrogen-bond donors (Lipinski definition) is 1. The second kappa shape index (κ2) is 5.99. The van der Waals surface area contributed by atoms with Gasteiger partial charge in [-0.2, -0.15) is 0 Å². The van der Waals surface area contributed by atoms with Crippen molar-refractivity contribution >= 4 is 16.1 Å². The molecule has 0 radical (unpaired) electrons. The van der Waals surface area contributed by atoms with Gasteiger partial charge in [0.1, 0.15) is 0 Å². The van der Waals surface area contributed by atoms with E-state index in [-0.39, 0.29) is 6.03 Å². The van der Waals surface area contributed by atoms with Gasteiger partial charge >= 0.3 is 6.03 Å². The molecule has 7 heteroatoms. The van der Waals surface area contributed by atoms with E-state index in [4.69, 9.17) is 0 Å². The van der Waals surface area contributed by atoms with Crippen molar-refractivity contribution in [3.8, 4) is 0 Å². The molecule has 2 saturated carbocycles. The molecule has 2 unspecified atom stereocenters. The molecule has 25 heavy (non-hydrogen) atoms. The Balaban J connectivity index is 1.49. The standard InChI is InChI=1S/C18H25N3O3S/c1-20(2)25(23,24)17-5-3-4-12-11-21(7-6-16(12)17)18(22)19-15-9-13-8-14(13)10-15/h3-5,13-15H,6-11H2,1-2H3,(H,19,22). The quantitative estimate of drug-likeness (QED) is 0.890. The van der Waals surface area contributed by atoms with Gasteiger partial charge in [-0.25, -0.2) is 17.5 Å².